The van der Waals surface area contributed by atoms with Gasteiger partial charge in [-0.15, -0.1) is 0 Å². The average Bonchev–Trinajstić information content (AvgIpc) is 2.93. The van der Waals surface area contributed by atoms with Gasteiger partial charge < -0.3 is 0 Å². The summed E-state index contributed by atoms with van der Waals surface area (Å²) in [6, 6.07) is 9.16. The Hall–Kier alpha value is -2.82. The maximum Gasteiger partial charge on any atom is 0.153 e. The summed E-state index contributed by atoms with van der Waals surface area (Å²) < 4.78 is 1.65. The molecule has 5 heteroatoms. The normalized spacial score (nSPS) is 10.3. The van der Waals surface area contributed by atoms with Crippen molar-refractivity contribution in [3.05, 3.63) is 60.7 Å². The summed E-state index contributed by atoms with van der Waals surface area (Å²) in [6.07, 6.45) is 7.51. The van der Waals surface area contributed by atoms with Gasteiger partial charge in [0.1, 0.15) is 5.69 Å². The van der Waals surface area contributed by atoms with E-state index in [0.29, 0.717) is 17.0 Å². The minimum absolute atomic E-state index is 0.510. The van der Waals surface area contributed by atoms with E-state index in [1.807, 2.05) is 30.3 Å². The minimum atomic E-state index is 0.510. The highest BCUT2D eigenvalue weighted by atomic mass is 16.1. The summed E-state index contributed by atoms with van der Waals surface area (Å²) in [4.78, 5) is 19.3. The van der Waals surface area contributed by atoms with Gasteiger partial charge in [-0.25, -0.2) is 4.68 Å². The Kier molecular flexibility index (Phi) is 2.86. The first-order valence-electron chi connectivity index (χ1n) is 5.75. The third kappa shape index (κ3) is 2.13. The molecule has 0 radical (unpaired) electrons. The van der Waals surface area contributed by atoms with Crippen LogP contribution in [-0.4, -0.2) is 26.0 Å². The largest absolute Gasteiger partial charge is 0.298 e. The molecule has 0 saturated carbocycles. The van der Waals surface area contributed by atoms with E-state index in [1.54, 1.807) is 29.5 Å². The van der Waals surface area contributed by atoms with E-state index in [2.05, 4.69) is 15.1 Å². The smallest absolute Gasteiger partial charge is 0.153 e. The summed E-state index contributed by atoms with van der Waals surface area (Å²) in [5.41, 5.74) is 2.61. The van der Waals surface area contributed by atoms with Crippen LogP contribution in [-0.2, 0) is 0 Å². The van der Waals surface area contributed by atoms with E-state index in [9.17, 15) is 4.79 Å². The summed E-state index contributed by atoms with van der Waals surface area (Å²) in [5, 5.41) is 4.42. The highest BCUT2D eigenvalue weighted by Crippen LogP contribution is 2.20. The van der Waals surface area contributed by atoms with E-state index in [4.69, 9.17) is 0 Å². The van der Waals surface area contributed by atoms with Crippen LogP contribution in [0.15, 0.2) is 55.1 Å². The second-order valence-corrected chi connectivity index (χ2v) is 3.92. The Balaban J connectivity index is 2.12. The molecule has 0 amide bonds. The molecule has 0 aliphatic rings. The Morgan fingerprint density at radius 2 is 1.89 bits per heavy atom. The number of carbonyl (C=O) groups is 1. The molecular weight excluding hydrogens is 240 g/mol. The zero-order chi connectivity index (χ0) is 13.1. The predicted octanol–water partition coefficient (Wildman–Crippen LogP) is 2.14. The second kappa shape index (κ2) is 4.81. The number of nitrogens with zero attached hydrogens (tertiary/aromatic N) is 4. The molecule has 0 saturated heterocycles. The Morgan fingerprint density at radius 1 is 1.05 bits per heavy atom. The topological polar surface area (TPSA) is 60.7 Å². The van der Waals surface area contributed by atoms with Gasteiger partial charge in [-0.3, -0.25) is 14.8 Å². The van der Waals surface area contributed by atoms with Gasteiger partial charge in [0, 0.05) is 24.8 Å². The quantitative estimate of drug-likeness (QED) is 0.668. The number of rotatable bonds is 3. The summed E-state index contributed by atoms with van der Waals surface area (Å²) in [6.45, 7) is 0. The fourth-order valence-electron chi connectivity index (χ4n) is 1.80. The van der Waals surface area contributed by atoms with Crippen molar-refractivity contribution in [3.63, 3.8) is 0 Å². The van der Waals surface area contributed by atoms with E-state index < -0.39 is 0 Å². The van der Waals surface area contributed by atoms with Crippen LogP contribution < -0.4 is 0 Å². The number of hydrogen-bond donors (Lipinski definition) is 0. The maximum absolute atomic E-state index is 11.2. The maximum atomic E-state index is 11.2. The molecule has 0 unspecified atom stereocenters. The van der Waals surface area contributed by atoms with Gasteiger partial charge >= 0.3 is 0 Å². The first-order chi connectivity index (χ1) is 9.38. The van der Waals surface area contributed by atoms with E-state index in [-0.39, 0.29) is 0 Å². The molecule has 0 aliphatic carbocycles. The molecule has 19 heavy (non-hydrogen) atoms. The van der Waals surface area contributed by atoms with Crippen molar-refractivity contribution in [2.45, 2.75) is 0 Å². The van der Waals surface area contributed by atoms with Crippen LogP contribution in [0.3, 0.4) is 0 Å². The number of aromatic nitrogens is 4. The molecule has 0 fully saturated rings. The van der Waals surface area contributed by atoms with Gasteiger partial charge in [-0.1, -0.05) is 6.07 Å². The zero-order valence-corrected chi connectivity index (χ0v) is 9.97. The first-order valence-corrected chi connectivity index (χ1v) is 5.75. The third-order valence-electron chi connectivity index (χ3n) is 2.70. The zero-order valence-electron chi connectivity index (χ0n) is 9.97. The Bertz CT molecular complexity index is 692. The van der Waals surface area contributed by atoms with Gasteiger partial charge in [0.15, 0.2) is 6.29 Å². The summed E-state index contributed by atoms with van der Waals surface area (Å²) in [7, 11) is 0. The molecule has 3 heterocycles. The summed E-state index contributed by atoms with van der Waals surface area (Å²) >= 11 is 0. The van der Waals surface area contributed by atoms with Crippen molar-refractivity contribution in [1.29, 1.82) is 0 Å². The first kappa shape index (κ1) is 11.3. The standard InChI is InChI=1S/C14H10N4O/c19-10-11-9-18(12-4-7-15-8-5-12)17-14(11)13-3-1-2-6-16-13/h1-10H. The molecule has 5 nitrogen and oxygen atoms in total. The molecule has 0 aliphatic heterocycles. The fraction of sp³-hybridized carbons (Fsp3) is 0. The van der Waals surface area contributed by atoms with Crippen LogP contribution in [0.5, 0.6) is 0 Å². The molecule has 92 valence electrons. The molecule has 3 aromatic rings. The number of aldehydes is 1. The molecule has 0 atom stereocenters. The fourth-order valence-corrected chi connectivity index (χ4v) is 1.80. The van der Waals surface area contributed by atoms with Crippen LogP contribution in [0.4, 0.5) is 0 Å². The lowest BCUT2D eigenvalue weighted by atomic mass is 10.2. The molecule has 0 aromatic carbocycles. The van der Waals surface area contributed by atoms with E-state index in [1.165, 1.54) is 0 Å². The van der Waals surface area contributed by atoms with Crippen molar-refractivity contribution < 1.29 is 4.79 Å². The highest BCUT2D eigenvalue weighted by molar-refractivity contribution is 5.84. The van der Waals surface area contributed by atoms with Gasteiger partial charge in [0.2, 0.25) is 0 Å². The van der Waals surface area contributed by atoms with Crippen LogP contribution in [0.2, 0.25) is 0 Å². The molecule has 3 aromatic heterocycles. The van der Waals surface area contributed by atoms with Crippen LogP contribution in [0.25, 0.3) is 17.1 Å². The molecule has 0 bridgehead atoms. The summed E-state index contributed by atoms with van der Waals surface area (Å²) in [5.74, 6) is 0. The molecule has 0 N–H and O–H groups in total. The average molecular weight is 250 g/mol. The van der Waals surface area contributed by atoms with Crippen LogP contribution >= 0.6 is 0 Å². The van der Waals surface area contributed by atoms with Crippen LogP contribution in [0, 0.1) is 0 Å². The van der Waals surface area contributed by atoms with Gasteiger partial charge in [0.05, 0.1) is 16.9 Å². The van der Waals surface area contributed by atoms with Crippen molar-refractivity contribution >= 4 is 6.29 Å². The number of carbonyl (C=O) groups excluding carboxylic acids is 1. The van der Waals surface area contributed by atoms with Crippen LogP contribution in [0.1, 0.15) is 10.4 Å². The lowest BCUT2D eigenvalue weighted by molar-refractivity contribution is 0.112. The monoisotopic (exact) mass is 250 g/mol. The highest BCUT2D eigenvalue weighted by Gasteiger charge is 2.12. The molecule has 3 rings (SSSR count). The molecular formula is C14H10N4O. The van der Waals surface area contributed by atoms with E-state index >= 15 is 0 Å². The Morgan fingerprint density at radius 3 is 2.58 bits per heavy atom. The second-order valence-electron chi connectivity index (χ2n) is 3.92. The number of pyridine rings is 2. The van der Waals surface area contributed by atoms with Gasteiger partial charge in [0.25, 0.3) is 0 Å². The van der Waals surface area contributed by atoms with Gasteiger partial charge in [-0.2, -0.15) is 5.10 Å². The lowest BCUT2D eigenvalue weighted by Gasteiger charge is -1.99. The Labute approximate surface area is 109 Å². The van der Waals surface area contributed by atoms with Crippen molar-refractivity contribution in [3.8, 4) is 17.1 Å². The van der Waals surface area contributed by atoms with Crippen molar-refractivity contribution in [2.75, 3.05) is 0 Å². The minimum Gasteiger partial charge on any atom is -0.298 e. The predicted molar refractivity (Wildman–Crippen MR) is 70.0 cm³/mol. The third-order valence-corrected chi connectivity index (χ3v) is 2.70. The van der Waals surface area contributed by atoms with E-state index in [0.717, 1.165) is 12.0 Å². The lowest BCUT2D eigenvalue weighted by Crippen LogP contribution is -1.95. The number of hydrogen-bond acceptors (Lipinski definition) is 4. The van der Waals surface area contributed by atoms with Gasteiger partial charge in [-0.05, 0) is 24.3 Å². The van der Waals surface area contributed by atoms with Crippen molar-refractivity contribution in [1.82, 2.24) is 19.7 Å². The van der Waals surface area contributed by atoms with Crippen molar-refractivity contribution in [2.24, 2.45) is 0 Å². The molecule has 0 spiro atoms. The SMILES string of the molecule is O=Cc1cn(-c2ccncc2)nc1-c1ccccn1.